The molecule has 0 aliphatic heterocycles. The van der Waals surface area contributed by atoms with Gasteiger partial charge in [0.1, 0.15) is 0 Å². The number of hydrogen-bond acceptors (Lipinski definition) is 2. The van der Waals surface area contributed by atoms with E-state index in [1.165, 1.54) is 0 Å². The van der Waals surface area contributed by atoms with Crippen LogP contribution in [0.3, 0.4) is 0 Å². The summed E-state index contributed by atoms with van der Waals surface area (Å²) in [5.74, 6) is -0.181. The lowest BCUT2D eigenvalue weighted by Gasteiger charge is -2.26. The number of hydrogen-bond donors (Lipinski definition) is 1. The second kappa shape index (κ2) is 8.53. The molecule has 0 aromatic heterocycles. The monoisotopic (exact) mass is 372 g/mol. The molecule has 0 heterocycles. The maximum absolute atomic E-state index is 12.9. The van der Waals surface area contributed by atoms with E-state index in [1.54, 1.807) is 24.1 Å². The summed E-state index contributed by atoms with van der Waals surface area (Å²) in [5.41, 5.74) is 3.92. The molecule has 0 bridgehead atoms. The topological polar surface area (TPSA) is 49.4 Å². The van der Waals surface area contributed by atoms with Gasteiger partial charge in [0.25, 0.3) is 11.8 Å². The van der Waals surface area contributed by atoms with Crippen molar-refractivity contribution in [2.45, 2.75) is 19.9 Å². The van der Waals surface area contributed by atoms with E-state index in [0.717, 1.165) is 11.1 Å². The number of carbonyl (C=O) groups is 2. The van der Waals surface area contributed by atoms with Crippen LogP contribution in [-0.4, -0.2) is 23.8 Å². The highest BCUT2D eigenvalue weighted by Gasteiger charge is 2.20. The first-order chi connectivity index (χ1) is 13.5. The smallest absolute Gasteiger partial charge is 0.255 e. The van der Waals surface area contributed by atoms with Gasteiger partial charge in [-0.1, -0.05) is 48.5 Å². The standard InChI is InChI=1S/C24H24N2O2/c1-17-10-7-8-15-22(17)24(28)26(3)18(2)20-13-9-14-21(16-20)25-23(27)19-11-5-4-6-12-19/h4-16,18H,1-3H3,(H,25,27). The molecule has 0 aliphatic carbocycles. The van der Waals surface area contributed by atoms with Gasteiger partial charge in [-0.15, -0.1) is 0 Å². The first-order valence-electron chi connectivity index (χ1n) is 9.26. The SMILES string of the molecule is Cc1ccccc1C(=O)N(C)C(C)c1cccc(NC(=O)c2ccccc2)c1. The molecule has 3 rings (SSSR count). The number of carbonyl (C=O) groups excluding carboxylic acids is 2. The largest absolute Gasteiger partial charge is 0.335 e. The van der Waals surface area contributed by atoms with Crippen LogP contribution in [0.5, 0.6) is 0 Å². The molecule has 0 fully saturated rings. The van der Waals surface area contributed by atoms with Crippen LogP contribution in [0.2, 0.25) is 0 Å². The molecule has 3 aromatic carbocycles. The van der Waals surface area contributed by atoms with E-state index >= 15 is 0 Å². The second-order valence-electron chi connectivity index (χ2n) is 6.85. The summed E-state index contributed by atoms with van der Waals surface area (Å²) in [5, 5.41) is 2.92. The Kier molecular flexibility index (Phi) is 5.90. The van der Waals surface area contributed by atoms with Gasteiger partial charge in [-0.2, -0.15) is 0 Å². The van der Waals surface area contributed by atoms with Gasteiger partial charge in [0.05, 0.1) is 6.04 Å². The van der Waals surface area contributed by atoms with Gasteiger partial charge >= 0.3 is 0 Å². The Balaban J connectivity index is 1.76. The average molecular weight is 372 g/mol. The van der Waals surface area contributed by atoms with E-state index in [9.17, 15) is 9.59 Å². The van der Waals surface area contributed by atoms with Crippen LogP contribution in [0.4, 0.5) is 5.69 Å². The molecule has 4 heteroatoms. The van der Waals surface area contributed by atoms with E-state index in [2.05, 4.69) is 5.32 Å². The molecule has 1 atom stereocenters. The Morgan fingerprint density at radius 1 is 0.893 bits per heavy atom. The van der Waals surface area contributed by atoms with Crippen molar-refractivity contribution < 1.29 is 9.59 Å². The highest BCUT2D eigenvalue weighted by molar-refractivity contribution is 6.04. The molecule has 4 nitrogen and oxygen atoms in total. The molecule has 0 radical (unpaired) electrons. The summed E-state index contributed by atoms with van der Waals surface area (Å²) in [7, 11) is 1.80. The van der Waals surface area contributed by atoms with Crippen molar-refractivity contribution in [2.75, 3.05) is 12.4 Å². The van der Waals surface area contributed by atoms with Gasteiger partial charge < -0.3 is 10.2 Å². The predicted octanol–water partition coefficient (Wildman–Crippen LogP) is 5.08. The van der Waals surface area contributed by atoms with Gasteiger partial charge in [0.15, 0.2) is 0 Å². The van der Waals surface area contributed by atoms with Crippen molar-refractivity contribution in [2.24, 2.45) is 0 Å². The fourth-order valence-corrected chi connectivity index (χ4v) is 3.07. The first kappa shape index (κ1) is 19.4. The Morgan fingerprint density at radius 3 is 2.29 bits per heavy atom. The molecule has 0 aliphatic rings. The molecular weight excluding hydrogens is 348 g/mol. The zero-order valence-corrected chi connectivity index (χ0v) is 16.3. The number of amides is 2. The van der Waals surface area contributed by atoms with E-state index in [1.807, 2.05) is 80.6 Å². The Morgan fingerprint density at radius 2 is 1.57 bits per heavy atom. The van der Waals surface area contributed by atoms with Crippen molar-refractivity contribution >= 4 is 17.5 Å². The van der Waals surface area contributed by atoms with Crippen LogP contribution in [0.15, 0.2) is 78.9 Å². The van der Waals surface area contributed by atoms with Crippen LogP contribution in [-0.2, 0) is 0 Å². The number of nitrogens with one attached hydrogen (secondary N) is 1. The zero-order chi connectivity index (χ0) is 20.1. The fourth-order valence-electron chi connectivity index (χ4n) is 3.07. The van der Waals surface area contributed by atoms with Crippen molar-refractivity contribution in [3.05, 3.63) is 101 Å². The number of anilines is 1. The molecule has 1 unspecified atom stereocenters. The molecule has 0 spiro atoms. The summed E-state index contributed by atoms with van der Waals surface area (Å²) < 4.78 is 0. The summed E-state index contributed by atoms with van der Waals surface area (Å²) in [6, 6.07) is 24.1. The van der Waals surface area contributed by atoms with Gasteiger partial charge in [-0.25, -0.2) is 0 Å². The van der Waals surface area contributed by atoms with Crippen LogP contribution < -0.4 is 5.32 Å². The fraction of sp³-hybridized carbons (Fsp3) is 0.167. The third kappa shape index (κ3) is 4.29. The van der Waals surface area contributed by atoms with Gasteiger partial charge in [0.2, 0.25) is 0 Å². The van der Waals surface area contributed by atoms with Crippen LogP contribution >= 0.6 is 0 Å². The lowest BCUT2D eigenvalue weighted by atomic mass is 10.0. The van der Waals surface area contributed by atoms with Crippen LogP contribution in [0, 0.1) is 6.92 Å². The summed E-state index contributed by atoms with van der Waals surface area (Å²) in [6.45, 7) is 3.92. The lowest BCUT2D eigenvalue weighted by Crippen LogP contribution is -2.30. The summed E-state index contributed by atoms with van der Waals surface area (Å²) in [4.78, 5) is 27.0. The number of nitrogens with zero attached hydrogens (tertiary/aromatic N) is 1. The van der Waals surface area contributed by atoms with E-state index in [4.69, 9.17) is 0 Å². The average Bonchev–Trinajstić information content (AvgIpc) is 2.73. The third-order valence-electron chi connectivity index (χ3n) is 4.94. The maximum atomic E-state index is 12.9. The number of aryl methyl sites for hydroxylation is 1. The molecule has 142 valence electrons. The normalized spacial score (nSPS) is 11.5. The molecule has 2 amide bonds. The Hall–Kier alpha value is -3.40. The van der Waals surface area contributed by atoms with Gasteiger partial charge in [-0.3, -0.25) is 9.59 Å². The minimum atomic E-state index is -0.158. The molecule has 0 saturated carbocycles. The minimum absolute atomic E-state index is 0.0238. The van der Waals surface area contributed by atoms with E-state index < -0.39 is 0 Å². The Labute approximate surface area is 165 Å². The highest BCUT2D eigenvalue weighted by Crippen LogP contribution is 2.24. The Bertz CT molecular complexity index is 983. The van der Waals surface area contributed by atoms with Crippen LogP contribution in [0.25, 0.3) is 0 Å². The number of rotatable bonds is 5. The zero-order valence-electron chi connectivity index (χ0n) is 16.3. The molecule has 28 heavy (non-hydrogen) atoms. The molecule has 1 N–H and O–H groups in total. The van der Waals surface area contributed by atoms with Crippen molar-refractivity contribution in [1.82, 2.24) is 4.90 Å². The second-order valence-corrected chi connectivity index (χ2v) is 6.85. The van der Waals surface area contributed by atoms with Crippen molar-refractivity contribution in [1.29, 1.82) is 0 Å². The number of benzene rings is 3. The predicted molar refractivity (Wildman–Crippen MR) is 113 cm³/mol. The van der Waals surface area contributed by atoms with Crippen LogP contribution in [0.1, 0.15) is 44.8 Å². The molecular formula is C24H24N2O2. The minimum Gasteiger partial charge on any atom is -0.335 e. The quantitative estimate of drug-likeness (QED) is 0.679. The van der Waals surface area contributed by atoms with Crippen molar-refractivity contribution in [3.8, 4) is 0 Å². The maximum Gasteiger partial charge on any atom is 0.255 e. The summed E-state index contributed by atoms with van der Waals surface area (Å²) >= 11 is 0. The highest BCUT2D eigenvalue weighted by atomic mass is 16.2. The molecule has 3 aromatic rings. The first-order valence-corrected chi connectivity index (χ1v) is 9.26. The van der Waals surface area contributed by atoms with Crippen molar-refractivity contribution in [3.63, 3.8) is 0 Å². The van der Waals surface area contributed by atoms with Gasteiger partial charge in [-0.05, 0) is 55.3 Å². The van der Waals surface area contributed by atoms with E-state index in [-0.39, 0.29) is 17.9 Å². The lowest BCUT2D eigenvalue weighted by molar-refractivity contribution is 0.0741. The third-order valence-corrected chi connectivity index (χ3v) is 4.94. The molecule has 0 saturated heterocycles. The summed E-state index contributed by atoms with van der Waals surface area (Å²) in [6.07, 6.45) is 0. The van der Waals surface area contributed by atoms with Gasteiger partial charge in [0, 0.05) is 23.9 Å². The van der Waals surface area contributed by atoms with E-state index in [0.29, 0.717) is 16.8 Å².